The van der Waals surface area contributed by atoms with E-state index in [1.807, 2.05) is 6.92 Å². The highest BCUT2D eigenvalue weighted by molar-refractivity contribution is 14.0. The third-order valence-electron chi connectivity index (χ3n) is 3.43. The first-order valence-electron chi connectivity index (χ1n) is 8.81. The Balaban J connectivity index is 0.00000729. The molecular weight excluding hydrogens is 487 g/mol. The second-order valence-corrected chi connectivity index (χ2v) is 5.43. The first-order valence-corrected chi connectivity index (χ1v) is 8.81. The van der Waals surface area contributed by atoms with E-state index in [0.717, 1.165) is 6.42 Å². The number of rotatable bonds is 13. The van der Waals surface area contributed by atoms with Gasteiger partial charge < -0.3 is 29.6 Å². The van der Waals surface area contributed by atoms with Crippen molar-refractivity contribution in [2.75, 3.05) is 47.1 Å². The van der Waals surface area contributed by atoms with Gasteiger partial charge in [-0.15, -0.1) is 24.0 Å². The summed E-state index contributed by atoms with van der Waals surface area (Å²) in [6.45, 7) is 2.30. The lowest BCUT2D eigenvalue weighted by Gasteiger charge is -2.13. The van der Waals surface area contributed by atoms with Crippen LogP contribution in [0.5, 0.6) is 11.5 Å². The van der Waals surface area contributed by atoms with Crippen molar-refractivity contribution in [2.24, 2.45) is 4.99 Å². The largest absolute Gasteiger partial charge is 0.497 e. The molecule has 0 saturated heterocycles. The van der Waals surface area contributed by atoms with Crippen molar-refractivity contribution < 1.29 is 27.7 Å². The van der Waals surface area contributed by atoms with Gasteiger partial charge in [0.25, 0.3) is 0 Å². The Morgan fingerprint density at radius 2 is 1.93 bits per heavy atom. The Morgan fingerprint density at radius 3 is 2.57 bits per heavy atom. The fourth-order valence-electron chi connectivity index (χ4n) is 2.15. The first kappa shape index (κ1) is 26.6. The summed E-state index contributed by atoms with van der Waals surface area (Å²) in [5.41, 5.74) is 0.509. The molecule has 0 heterocycles. The van der Waals surface area contributed by atoms with E-state index >= 15 is 0 Å². The molecule has 10 heteroatoms. The number of nitrogens with zero attached hydrogens (tertiary/aromatic N) is 1. The summed E-state index contributed by atoms with van der Waals surface area (Å²) in [5.74, 6) is 1.21. The maximum Gasteiger partial charge on any atom is 0.387 e. The van der Waals surface area contributed by atoms with Crippen molar-refractivity contribution in [1.29, 1.82) is 0 Å². The number of aliphatic imine (C=N–C) groups is 1. The van der Waals surface area contributed by atoms with E-state index < -0.39 is 6.61 Å². The fourth-order valence-corrected chi connectivity index (χ4v) is 2.15. The molecule has 0 aliphatic heterocycles. The predicted molar refractivity (Wildman–Crippen MR) is 115 cm³/mol. The minimum Gasteiger partial charge on any atom is -0.497 e. The Morgan fingerprint density at radius 1 is 1.14 bits per heavy atom. The van der Waals surface area contributed by atoms with E-state index in [2.05, 4.69) is 20.4 Å². The Kier molecular flexibility index (Phi) is 15.7. The van der Waals surface area contributed by atoms with Crippen LogP contribution in [0.15, 0.2) is 23.2 Å². The lowest BCUT2D eigenvalue weighted by molar-refractivity contribution is -0.0504. The number of methoxy groups -OCH3 is 2. The third kappa shape index (κ3) is 11.4. The second-order valence-electron chi connectivity index (χ2n) is 5.43. The number of guanidine groups is 1. The zero-order chi connectivity index (χ0) is 19.9. The molecule has 1 aromatic carbocycles. The molecule has 1 aromatic rings. The Bertz CT molecular complexity index is 566. The minimum absolute atomic E-state index is 0. The smallest absolute Gasteiger partial charge is 0.387 e. The van der Waals surface area contributed by atoms with Gasteiger partial charge in [0.05, 0.1) is 26.9 Å². The number of benzene rings is 1. The SMILES string of the molecule is CCNC(=NCc1cc(OC)ccc1OC(F)F)NCCCOCCOC.I. The van der Waals surface area contributed by atoms with Crippen molar-refractivity contribution in [2.45, 2.75) is 26.5 Å². The predicted octanol–water partition coefficient (Wildman–Crippen LogP) is 3.02. The molecule has 0 spiro atoms. The van der Waals surface area contributed by atoms with Gasteiger partial charge in [-0.2, -0.15) is 8.78 Å². The van der Waals surface area contributed by atoms with Crippen LogP contribution < -0.4 is 20.1 Å². The topological polar surface area (TPSA) is 73.3 Å². The van der Waals surface area contributed by atoms with Crippen LogP contribution in [0, 0.1) is 0 Å². The highest BCUT2D eigenvalue weighted by Gasteiger charge is 2.11. The molecule has 0 atom stereocenters. The number of alkyl halides is 2. The first-order chi connectivity index (χ1) is 13.1. The highest BCUT2D eigenvalue weighted by Crippen LogP contribution is 2.26. The van der Waals surface area contributed by atoms with E-state index in [-0.39, 0.29) is 36.3 Å². The Hall–Kier alpha value is -1.40. The van der Waals surface area contributed by atoms with E-state index in [1.165, 1.54) is 13.2 Å². The van der Waals surface area contributed by atoms with Crippen molar-refractivity contribution in [3.63, 3.8) is 0 Å². The van der Waals surface area contributed by atoms with Crippen molar-refractivity contribution in [3.05, 3.63) is 23.8 Å². The average Bonchev–Trinajstić information content (AvgIpc) is 2.65. The van der Waals surface area contributed by atoms with Gasteiger partial charge in [0.2, 0.25) is 0 Å². The van der Waals surface area contributed by atoms with Gasteiger partial charge in [-0.25, -0.2) is 4.99 Å². The monoisotopic (exact) mass is 517 g/mol. The zero-order valence-corrected chi connectivity index (χ0v) is 18.8. The van der Waals surface area contributed by atoms with Crippen LogP contribution in [-0.4, -0.2) is 59.7 Å². The van der Waals surface area contributed by atoms with E-state index in [9.17, 15) is 8.78 Å². The number of halogens is 3. The van der Waals surface area contributed by atoms with Crippen molar-refractivity contribution in [1.82, 2.24) is 10.6 Å². The summed E-state index contributed by atoms with van der Waals surface area (Å²) < 4.78 is 45.2. The summed E-state index contributed by atoms with van der Waals surface area (Å²) in [5, 5.41) is 6.29. The molecule has 0 aliphatic rings. The maximum atomic E-state index is 12.6. The van der Waals surface area contributed by atoms with Crippen LogP contribution in [0.2, 0.25) is 0 Å². The number of nitrogens with one attached hydrogen (secondary N) is 2. The van der Waals surface area contributed by atoms with Crippen LogP contribution in [0.3, 0.4) is 0 Å². The quantitative estimate of drug-likeness (QED) is 0.182. The van der Waals surface area contributed by atoms with E-state index in [0.29, 0.717) is 50.2 Å². The van der Waals surface area contributed by atoms with Gasteiger partial charge in [0, 0.05) is 32.4 Å². The number of hydrogen-bond donors (Lipinski definition) is 2. The molecule has 7 nitrogen and oxygen atoms in total. The van der Waals surface area contributed by atoms with Crippen LogP contribution in [0.4, 0.5) is 8.78 Å². The molecule has 2 N–H and O–H groups in total. The summed E-state index contributed by atoms with van der Waals surface area (Å²) >= 11 is 0. The van der Waals surface area contributed by atoms with Gasteiger partial charge >= 0.3 is 6.61 Å². The lowest BCUT2D eigenvalue weighted by atomic mass is 10.2. The zero-order valence-electron chi connectivity index (χ0n) is 16.5. The third-order valence-corrected chi connectivity index (χ3v) is 3.43. The molecule has 0 radical (unpaired) electrons. The standard InChI is InChI=1S/C18H29F2N3O4.HI/c1-4-21-18(22-8-5-9-26-11-10-24-2)23-13-14-12-15(25-3)6-7-16(14)27-17(19)20;/h6-7,12,17H,4-5,8-11,13H2,1-3H3,(H2,21,22,23);1H. The highest BCUT2D eigenvalue weighted by atomic mass is 127. The number of hydrogen-bond acceptors (Lipinski definition) is 5. The molecule has 0 bridgehead atoms. The average molecular weight is 517 g/mol. The molecule has 0 unspecified atom stereocenters. The maximum absolute atomic E-state index is 12.6. The summed E-state index contributed by atoms with van der Waals surface area (Å²) in [6.07, 6.45) is 0.799. The van der Waals surface area contributed by atoms with Gasteiger partial charge in [-0.05, 0) is 31.5 Å². The van der Waals surface area contributed by atoms with Gasteiger partial charge in [-0.3, -0.25) is 0 Å². The lowest BCUT2D eigenvalue weighted by Crippen LogP contribution is -2.38. The van der Waals surface area contributed by atoms with Crippen LogP contribution in [0.25, 0.3) is 0 Å². The van der Waals surface area contributed by atoms with Crippen molar-refractivity contribution >= 4 is 29.9 Å². The molecule has 0 aliphatic carbocycles. The molecule has 0 saturated carbocycles. The van der Waals surface area contributed by atoms with Crippen LogP contribution in [-0.2, 0) is 16.0 Å². The Labute approximate surface area is 182 Å². The summed E-state index contributed by atoms with van der Waals surface area (Å²) in [7, 11) is 3.14. The van der Waals surface area contributed by atoms with Crippen LogP contribution >= 0.6 is 24.0 Å². The molecule has 0 aromatic heterocycles. The van der Waals surface area contributed by atoms with E-state index in [4.69, 9.17) is 14.2 Å². The van der Waals surface area contributed by atoms with E-state index in [1.54, 1.807) is 19.2 Å². The summed E-state index contributed by atoms with van der Waals surface area (Å²) in [6, 6.07) is 4.65. The molecule has 0 fully saturated rings. The van der Waals surface area contributed by atoms with Gasteiger partial charge in [0.1, 0.15) is 11.5 Å². The van der Waals surface area contributed by atoms with Gasteiger partial charge in [-0.1, -0.05) is 0 Å². The minimum atomic E-state index is -2.90. The molecular formula is C18H30F2IN3O4. The van der Waals surface area contributed by atoms with Crippen molar-refractivity contribution in [3.8, 4) is 11.5 Å². The molecule has 162 valence electrons. The summed E-state index contributed by atoms with van der Waals surface area (Å²) in [4.78, 5) is 4.43. The number of ether oxygens (including phenoxy) is 4. The normalized spacial score (nSPS) is 11.1. The fraction of sp³-hybridized carbons (Fsp3) is 0.611. The van der Waals surface area contributed by atoms with Crippen LogP contribution in [0.1, 0.15) is 18.9 Å². The van der Waals surface area contributed by atoms with Gasteiger partial charge in [0.15, 0.2) is 5.96 Å². The molecule has 28 heavy (non-hydrogen) atoms. The second kappa shape index (κ2) is 16.5. The molecule has 1 rings (SSSR count). The molecule has 0 amide bonds.